The molecule has 1 saturated heterocycles. The number of likely N-dealkylation sites (N-methyl/N-ethyl adjacent to an activating group) is 1. The van der Waals surface area contributed by atoms with Crippen molar-refractivity contribution >= 4 is 5.97 Å². The topological polar surface area (TPSA) is 43.8 Å². The molecule has 0 aliphatic carbocycles. The number of piperazine rings is 1. The summed E-state index contributed by atoms with van der Waals surface area (Å²) in [5, 5.41) is 9.37. The van der Waals surface area contributed by atoms with Crippen LogP contribution >= 0.6 is 0 Å². The van der Waals surface area contributed by atoms with Crippen molar-refractivity contribution < 1.29 is 14.3 Å². The number of carbonyl (C=O) groups is 1. The van der Waals surface area contributed by atoms with Gasteiger partial charge in [0.15, 0.2) is 0 Å². The molecule has 1 atom stereocenters. The van der Waals surface area contributed by atoms with Crippen LogP contribution in [0, 0.1) is 5.82 Å². The van der Waals surface area contributed by atoms with Gasteiger partial charge in [-0.2, -0.15) is 0 Å². The molecule has 1 aromatic rings. The molecule has 18 heavy (non-hydrogen) atoms. The zero-order chi connectivity index (χ0) is 13.1. The second-order valence-electron chi connectivity index (χ2n) is 4.63. The fourth-order valence-electron chi connectivity index (χ4n) is 2.23. The van der Waals surface area contributed by atoms with E-state index >= 15 is 0 Å². The molecule has 1 aromatic carbocycles. The summed E-state index contributed by atoms with van der Waals surface area (Å²) in [4.78, 5) is 15.5. The molecule has 4 nitrogen and oxygen atoms in total. The first-order chi connectivity index (χ1) is 8.58. The fourth-order valence-corrected chi connectivity index (χ4v) is 2.23. The second kappa shape index (κ2) is 5.46. The average molecular weight is 252 g/mol. The Bertz CT molecular complexity index is 414. The lowest BCUT2D eigenvalue weighted by Crippen LogP contribution is -2.47. The highest BCUT2D eigenvalue weighted by molar-refractivity contribution is 5.75. The van der Waals surface area contributed by atoms with Gasteiger partial charge in [-0.3, -0.25) is 9.69 Å². The lowest BCUT2D eigenvalue weighted by atomic mass is 10.0. The number of carboxylic acid groups (broad SMARTS) is 1. The summed E-state index contributed by atoms with van der Waals surface area (Å²) in [6.07, 6.45) is 0. The van der Waals surface area contributed by atoms with E-state index in [1.54, 1.807) is 12.1 Å². The maximum Gasteiger partial charge on any atom is 0.325 e. The minimum Gasteiger partial charge on any atom is -0.480 e. The molecular formula is C13H17FN2O2. The Hall–Kier alpha value is -1.46. The first kappa shape index (κ1) is 13.0. The minimum atomic E-state index is -0.883. The number of rotatable bonds is 3. The maximum atomic E-state index is 12.9. The standard InChI is InChI=1S/C13H17FN2O2/c1-15-6-8-16(9-7-15)12(13(17)18)10-2-4-11(14)5-3-10/h2-5,12H,6-9H2,1H3,(H,17,18). The van der Waals surface area contributed by atoms with Crippen molar-refractivity contribution in [1.29, 1.82) is 0 Å². The van der Waals surface area contributed by atoms with Crippen molar-refractivity contribution in [2.75, 3.05) is 33.2 Å². The molecule has 2 rings (SSSR count). The highest BCUT2D eigenvalue weighted by atomic mass is 19.1. The Kier molecular flexibility index (Phi) is 3.93. The number of hydrogen-bond acceptors (Lipinski definition) is 3. The Morgan fingerprint density at radius 2 is 1.78 bits per heavy atom. The highest BCUT2D eigenvalue weighted by Gasteiger charge is 2.29. The molecule has 1 aliphatic heterocycles. The molecule has 5 heteroatoms. The van der Waals surface area contributed by atoms with Gasteiger partial charge in [0, 0.05) is 26.2 Å². The number of hydrogen-bond donors (Lipinski definition) is 1. The highest BCUT2D eigenvalue weighted by Crippen LogP contribution is 2.22. The summed E-state index contributed by atoms with van der Waals surface area (Å²) in [5.41, 5.74) is 0.633. The molecule has 1 aliphatic rings. The van der Waals surface area contributed by atoms with E-state index in [0.29, 0.717) is 18.7 Å². The van der Waals surface area contributed by atoms with Gasteiger partial charge in [-0.1, -0.05) is 12.1 Å². The van der Waals surface area contributed by atoms with Crippen LogP contribution in [-0.2, 0) is 4.79 Å². The zero-order valence-electron chi connectivity index (χ0n) is 10.3. The van der Waals surface area contributed by atoms with Crippen molar-refractivity contribution in [2.24, 2.45) is 0 Å². The van der Waals surface area contributed by atoms with Gasteiger partial charge in [0.1, 0.15) is 11.9 Å². The summed E-state index contributed by atoms with van der Waals surface area (Å²) >= 11 is 0. The number of carboxylic acids is 1. The van der Waals surface area contributed by atoms with E-state index in [2.05, 4.69) is 4.90 Å². The van der Waals surface area contributed by atoms with Gasteiger partial charge in [0.25, 0.3) is 0 Å². The van der Waals surface area contributed by atoms with Crippen LogP contribution in [0.3, 0.4) is 0 Å². The number of aliphatic carboxylic acids is 1. The normalized spacial score (nSPS) is 19.7. The SMILES string of the molecule is CN1CCN(C(C(=O)O)c2ccc(F)cc2)CC1. The van der Waals surface area contributed by atoms with Crippen LogP contribution in [-0.4, -0.2) is 54.1 Å². The summed E-state index contributed by atoms with van der Waals surface area (Å²) in [7, 11) is 2.02. The zero-order valence-corrected chi connectivity index (χ0v) is 10.3. The number of nitrogens with zero attached hydrogens (tertiary/aromatic N) is 2. The van der Waals surface area contributed by atoms with Gasteiger partial charge in [-0.15, -0.1) is 0 Å². The molecule has 1 heterocycles. The van der Waals surface area contributed by atoms with Crippen LogP contribution < -0.4 is 0 Å². The smallest absolute Gasteiger partial charge is 0.325 e. The lowest BCUT2D eigenvalue weighted by Gasteiger charge is -2.36. The summed E-state index contributed by atoms with van der Waals surface area (Å²) in [5.74, 6) is -1.23. The third kappa shape index (κ3) is 2.86. The molecule has 0 radical (unpaired) electrons. The molecule has 0 saturated carbocycles. The van der Waals surface area contributed by atoms with Crippen LogP contribution in [0.25, 0.3) is 0 Å². The monoisotopic (exact) mass is 252 g/mol. The van der Waals surface area contributed by atoms with Crippen LogP contribution in [0.2, 0.25) is 0 Å². The van der Waals surface area contributed by atoms with Gasteiger partial charge in [0.05, 0.1) is 0 Å². The van der Waals surface area contributed by atoms with Crippen molar-refractivity contribution in [2.45, 2.75) is 6.04 Å². The van der Waals surface area contributed by atoms with Gasteiger partial charge in [0.2, 0.25) is 0 Å². The molecule has 1 unspecified atom stereocenters. The van der Waals surface area contributed by atoms with Crippen molar-refractivity contribution in [3.8, 4) is 0 Å². The van der Waals surface area contributed by atoms with Crippen molar-refractivity contribution in [3.63, 3.8) is 0 Å². The molecule has 0 bridgehead atoms. The Labute approximate surface area is 106 Å². The fraction of sp³-hybridized carbons (Fsp3) is 0.462. The molecule has 0 spiro atoms. The predicted molar refractivity (Wildman–Crippen MR) is 65.8 cm³/mol. The van der Waals surface area contributed by atoms with E-state index in [0.717, 1.165) is 13.1 Å². The van der Waals surface area contributed by atoms with E-state index in [9.17, 15) is 14.3 Å². The first-order valence-corrected chi connectivity index (χ1v) is 5.99. The average Bonchev–Trinajstić information content (AvgIpc) is 2.34. The van der Waals surface area contributed by atoms with Gasteiger partial charge < -0.3 is 10.0 Å². The van der Waals surface area contributed by atoms with Crippen LogP contribution in [0.1, 0.15) is 11.6 Å². The molecule has 0 aromatic heterocycles. The largest absolute Gasteiger partial charge is 0.480 e. The molecule has 1 N–H and O–H groups in total. The predicted octanol–water partition coefficient (Wildman–Crippen LogP) is 1.20. The van der Waals surface area contributed by atoms with Crippen LogP contribution in [0.4, 0.5) is 4.39 Å². The van der Waals surface area contributed by atoms with Gasteiger partial charge >= 0.3 is 5.97 Å². The molecule has 1 fully saturated rings. The summed E-state index contributed by atoms with van der Waals surface area (Å²) in [6.45, 7) is 3.13. The van der Waals surface area contributed by atoms with Crippen LogP contribution in [0.15, 0.2) is 24.3 Å². The van der Waals surface area contributed by atoms with E-state index < -0.39 is 12.0 Å². The van der Waals surface area contributed by atoms with E-state index in [1.165, 1.54) is 12.1 Å². The molecule has 98 valence electrons. The number of benzene rings is 1. The molecule has 0 amide bonds. The number of halogens is 1. The summed E-state index contributed by atoms with van der Waals surface area (Å²) < 4.78 is 12.9. The Balaban J connectivity index is 2.18. The molecular weight excluding hydrogens is 235 g/mol. The minimum absolute atomic E-state index is 0.346. The van der Waals surface area contributed by atoms with Gasteiger partial charge in [-0.05, 0) is 24.7 Å². The summed E-state index contributed by atoms with van der Waals surface area (Å²) in [6, 6.07) is 5.03. The third-order valence-electron chi connectivity index (χ3n) is 3.32. The quantitative estimate of drug-likeness (QED) is 0.878. The third-order valence-corrected chi connectivity index (χ3v) is 3.32. The van der Waals surface area contributed by atoms with Crippen LogP contribution in [0.5, 0.6) is 0 Å². The van der Waals surface area contributed by atoms with Crippen molar-refractivity contribution in [1.82, 2.24) is 9.80 Å². The first-order valence-electron chi connectivity index (χ1n) is 5.99. The van der Waals surface area contributed by atoms with E-state index in [1.807, 2.05) is 11.9 Å². The lowest BCUT2D eigenvalue weighted by molar-refractivity contribution is -0.144. The maximum absolute atomic E-state index is 12.9. The Morgan fingerprint density at radius 1 is 1.22 bits per heavy atom. The van der Waals surface area contributed by atoms with Gasteiger partial charge in [-0.25, -0.2) is 4.39 Å². The Morgan fingerprint density at radius 3 is 2.28 bits per heavy atom. The van der Waals surface area contributed by atoms with E-state index in [4.69, 9.17) is 0 Å². The second-order valence-corrected chi connectivity index (χ2v) is 4.63. The van der Waals surface area contributed by atoms with E-state index in [-0.39, 0.29) is 5.82 Å². The van der Waals surface area contributed by atoms with Crippen molar-refractivity contribution in [3.05, 3.63) is 35.6 Å².